The van der Waals surface area contributed by atoms with Crippen molar-refractivity contribution in [1.29, 1.82) is 0 Å². The molecule has 2 aromatic rings. The molecule has 4 N–H and O–H groups in total. The molecule has 2 aliphatic heterocycles. The Labute approximate surface area is 226 Å². The van der Waals surface area contributed by atoms with Crippen molar-refractivity contribution < 1.29 is 31.4 Å². The number of halogens is 1. The zero-order chi connectivity index (χ0) is 26.8. The largest absolute Gasteiger partial charge is 0.491 e. The Morgan fingerprint density at radius 1 is 1.19 bits per heavy atom. The third-order valence-electron chi connectivity index (χ3n) is 6.83. The Morgan fingerprint density at radius 2 is 1.92 bits per heavy atom. The number of primary sulfonamides is 1. The van der Waals surface area contributed by atoms with E-state index < -0.39 is 26.2 Å². The molecule has 2 fully saturated rings. The molecule has 204 valence electrons. The quantitative estimate of drug-likeness (QED) is 0.385. The number of rotatable bonds is 9. The molecule has 1 spiro atoms. The number of nitrogens with two attached hydrogens (primary N) is 1. The molecule has 0 aromatic heterocycles. The number of nitrogens with zero attached hydrogens (tertiary/aromatic N) is 1. The van der Waals surface area contributed by atoms with Gasteiger partial charge in [-0.1, -0.05) is 22.0 Å². The van der Waals surface area contributed by atoms with Gasteiger partial charge in [-0.05, 0) is 62.1 Å². The molecule has 13 heteroatoms. The Bertz CT molecular complexity index is 1330. The van der Waals surface area contributed by atoms with Gasteiger partial charge in [-0.15, -0.1) is 0 Å². The number of nitrogens with one attached hydrogen (secondary N) is 1. The zero-order valence-corrected chi connectivity index (χ0v) is 23.7. The molecule has 37 heavy (non-hydrogen) atoms. The lowest BCUT2D eigenvalue weighted by atomic mass is 9.88. The van der Waals surface area contributed by atoms with E-state index in [1.54, 1.807) is 24.3 Å². The van der Waals surface area contributed by atoms with Gasteiger partial charge in [0, 0.05) is 36.2 Å². The monoisotopic (exact) mass is 617 g/mol. The summed E-state index contributed by atoms with van der Waals surface area (Å²) in [4.78, 5) is 0.237. The van der Waals surface area contributed by atoms with Gasteiger partial charge < -0.3 is 19.9 Å². The second-order valence-corrected chi connectivity index (χ2v) is 14.0. The fourth-order valence-electron chi connectivity index (χ4n) is 4.68. The average Bonchev–Trinajstić information content (AvgIpc) is 3.25. The van der Waals surface area contributed by atoms with Crippen LogP contribution in [-0.4, -0.2) is 76.8 Å². The third kappa shape index (κ3) is 6.90. The minimum atomic E-state index is -3.84. The number of aliphatic hydroxyl groups is 1. The van der Waals surface area contributed by atoms with Crippen LogP contribution in [0.1, 0.15) is 24.8 Å². The van der Waals surface area contributed by atoms with Crippen LogP contribution in [0.4, 0.5) is 0 Å². The van der Waals surface area contributed by atoms with Crippen molar-refractivity contribution in [2.45, 2.75) is 53.7 Å². The van der Waals surface area contributed by atoms with Gasteiger partial charge in [-0.25, -0.2) is 22.0 Å². The molecule has 2 aromatic carbocycles. The summed E-state index contributed by atoms with van der Waals surface area (Å²) in [6.45, 7) is 3.35. The van der Waals surface area contributed by atoms with Gasteiger partial charge in [0.15, 0.2) is 0 Å². The zero-order valence-electron chi connectivity index (χ0n) is 20.5. The van der Waals surface area contributed by atoms with Crippen molar-refractivity contribution in [2.24, 2.45) is 5.14 Å². The van der Waals surface area contributed by atoms with Crippen molar-refractivity contribution in [3.8, 4) is 5.75 Å². The first kappa shape index (κ1) is 28.4. The summed E-state index contributed by atoms with van der Waals surface area (Å²) in [7, 11) is -7.40. The number of hydrogen-bond donors (Lipinski definition) is 3. The van der Waals surface area contributed by atoms with Crippen LogP contribution in [0, 0.1) is 6.92 Å². The predicted molar refractivity (Wildman–Crippen MR) is 141 cm³/mol. The maximum atomic E-state index is 13.1. The summed E-state index contributed by atoms with van der Waals surface area (Å²) in [5, 5.41) is 18.8. The first-order valence-electron chi connectivity index (χ1n) is 12.0. The van der Waals surface area contributed by atoms with Crippen molar-refractivity contribution >= 4 is 36.0 Å². The van der Waals surface area contributed by atoms with Crippen LogP contribution >= 0.6 is 15.9 Å². The molecule has 2 saturated heterocycles. The van der Waals surface area contributed by atoms with Gasteiger partial charge in [-0.2, -0.15) is 4.31 Å². The highest BCUT2D eigenvalue weighted by Crippen LogP contribution is 2.37. The highest BCUT2D eigenvalue weighted by Gasteiger charge is 2.44. The second kappa shape index (κ2) is 11.3. The Morgan fingerprint density at radius 3 is 2.59 bits per heavy atom. The van der Waals surface area contributed by atoms with Crippen LogP contribution in [0.25, 0.3) is 0 Å². The molecule has 4 rings (SSSR count). The molecule has 0 saturated carbocycles. The molecular formula is C24H32BrN3O7S2. The number of benzene rings is 2. The number of hydrogen-bond acceptors (Lipinski definition) is 8. The van der Waals surface area contributed by atoms with Crippen LogP contribution in [0.5, 0.6) is 5.75 Å². The summed E-state index contributed by atoms with van der Waals surface area (Å²) in [6, 6.07) is 10.9. The fraction of sp³-hybridized carbons (Fsp3) is 0.500. The van der Waals surface area contributed by atoms with E-state index in [2.05, 4.69) is 21.2 Å². The lowest BCUT2D eigenvalue weighted by Crippen LogP contribution is -2.47. The normalized spacial score (nSPS) is 21.2. The van der Waals surface area contributed by atoms with Crippen molar-refractivity contribution in [1.82, 2.24) is 9.62 Å². The van der Waals surface area contributed by atoms with E-state index >= 15 is 0 Å². The Kier molecular flexibility index (Phi) is 8.65. The van der Waals surface area contributed by atoms with E-state index in [0.717, 1.165) is 16.5 Å². The average molecular weight is 619 g/mol. The van der Waals surface area contributed by atoms with E-state index in [-0.39, 0.29) is 29.7 Å². The standard InChI is InChI=1S/C24H32BrN3O7S2/c1-17-11-22(5-6-23(17)25)37(32,33)28-9-7-24(8-10-28)13-18(15-35-24)27-14-19(29)16-34-20-3-2-4-21(12-20)36(26,30)31/h2-6,11-12,18-19,27,29H,7-10,13-16H2,1H3,(H2,26,30,31)/t18?,19-/m0/s1. The first-order valence-corrected chi connectivity index (χ1v) is 15.7. The van der Waals surface area contributed by atoms with Crippen molar-refractivity contribution in [3.05, 3.63) is 52.5 Å². The minimum Gasteiger partial charge on any atom is -0.491 e. The van der Waals surface area contributed by atoms with Crippen molar-refractivity contribution in [3.63, 3.8) is 0 Å². The molecule has 10 nitrogen and oxygen atoms in total. The first-order chi connectivity index (χ1) is 17.4. The van der Waals surface area contributed by atoms with Crippen molar-refractivity contribution in [2.75, 3.05) is 32.8 Å². The van der Waals surface area contributed by atoms with E-state index in [1.165, 1.54) is 22.5 Å². The number of sulfonamides is 2. The lowest BCUT2D eigenvalue weighted by Gasteiger charge is -2.38. The van der Waals surface area contributed by atoms with Gasteiger partial charge in [-0.3, -0.25) is 0 Å². The molecule has 2 atom stereocenters. The Hall–Kier alpha value is -1.58. The third-order valence-corrected chi connectivity index (χ3v) is 10.5. The van der Waals surface area contributed by atoms with Crippen LogP contribution in [-0.2, 0) is 24.8 Å². The van der Waals surface area contributed by atoms with E-state index in [4.69, 9.17) is 14.6 Å². The van der Waals surface area contributed by atoms with Gasteiger partial charge in [0.1, 0.15) is 18.5 Å². The molecule has 0 aliphatic carbocycles. The van der Waals surface area contributed by atoms with Crippen LogP contribution < -0.4 is 15.2 Å². The lowest BCUT2D eigenvalue weighted by molar-refractivity contribution is -0.0312. The van der Waals surface area contributed by atoms with Crippen LogP contribution in [0.15, 0.2) is 56.7 Å². The van der Waals surface area contributed by atoms with Crippen LogP contribution in [0.3, 0.4) is 0 Å². The Balaban J connectivity index is 1.23. The minimum absolute atomic E-state index is 0.0256. The number of ether oxygens (including phenoxy) is 2. The van der Waals surface area contributed by atoms with Gasteiger partial charge in [0.25, 0.3) is 0 Å². The van der Waals surface area contributed by atoms with E-state index in [0.29, 0.717) is 43.2 Å². The number of aryl methyl sites for hydroxylation is 1. The van der Waals surface area contributed by atoms with Gasteiger partial charge in [0.05, 0.1) is 22.0 Å². The molecule has 1 unspecified atom stereocenters. The highest BCUT2D eigenvalue weighted by atomic mass is 79.9. The summed E-state index contributed by atoms with van der Waals surface area (Å²) in [5.41, 5.74) is 0.488. The maximum Gasteiger partial charge on any atom is 0.243 e. The molecule has 0 radical (unpaired) electrons. The molecule has 0 bridgehead atoms. The maximum absolute atomic E-state index is 13.1. The summed E-state index contributed by atoms with van der Waals surface area (Å²) >= 11 is 3.41. The van der Waals surface area contributed by atoms with Gasteiger partial charge >= 0.3 is 0 Å². The van der Waals surface area contributed by atoms with Gasteiger partial charge in [0.2, 0.25) is 20.0 Å². The second-order valence-electron chi connectivity index (χ2n) is 9.60. The fourth-order valence-corrected chi connectivity index (χ4v) is 7.00. The summed E-state index contributed by atoms with van der Waals surface area (Å²) in [5.74, 6) is 0.300. The van der Waals surface area contributed by atoms with E-state index in [1.807, 2.05) is 6.92 Å². The molecule has 2 heterocycles. The summed E-state index contributed by atoms with van der Waals surface area (Å²) in [6.07, 6.45) is 1.11. The highest BCUT2D eigenvalue weighted by molar-refractivity contribution is 9.10. The summed E-state index contributed by atoms with van der Waals surface area (Å²) < 4.78 is 63.2. The smallest absolute Gasteiger partial charge is 0.243 e. The topological polar surface area (TPSA) is 148 Å². The molecule has 0 amide bonds. The van der Waals surface area contributed by atoms with E-state index in [9.17, 15) is 21.9 Å². The van der Waals surface area contributed by atoms with Crippen LogP contribution in [0.2, 0.25) is 0 Å². The molecular weight excluding hydrogens is 586 g/mol. The SMILES string of the molecule is Cc1cc(S(=O)(=O)N2CCC3(CC2)CC(NC[C@H](O)COc2cccc(S(N)(=O)=O)c2)CO3)ccc1Br. The predicted octanol–water partition coefficient (Wildman–Crippen LogP) is 1.75. The number of piperidine rings is 1. The molecule has 2 aliphatic rings. The number of aliphatic hydroxyl groups excluding tert-OH is 1.